The highest BCUT2D eigenvalue weighted by molar-refractivity contribution is 8.00. The van der Waals surface area contributed by atoms with Gasteiger partial charge in [0.2, 0.25) is 5.91 Å². The number of aryl methyl sites for hydroxylation is 1. The van der Waals surface area contributed by atoms with E-state index in [0.29, 0.717) is 18.0 Å². The summed E-state index contributed by atoms with van der Waals surface area (Å²) < 4.78 is 0. The van der Waals surface area contributed by atoms with Crippen molar-refractivity contribution in [2.75, 3.05) is 16.0 Å². The monoisotopic (exact) mass is 423 g/mol. The third-order valence-electron chi connectivity index (χ3n) is 5.97. The summed E-state index contributed by atoms with van der Waals surface area (Å²) in [7, 11) is 0. The van der Waals surface area contributed by atoms with E-state index >= 15 is 0 Å². The molecule has 2 aromatic rings. The van der Waals surface area contributed by atoms with Crippen molar-refractivity contribution in [2.45, 2.75) is 57.0 Å². The van der Waals surface area contributed by atoms with Crippen molar-refractivity contribution in [2.24, 2.45) is 5.92 Å². The number of rotatable bonds is 4. The summed E-state index contributed by atoms with van der Waals surface area (Å²) in [4.78, 5) is 28.0. The van der Waals surface area contributed by atoms with Crippen LogP contribution in [0, 0.1) is 12.8 Å². The smallest absolute Gasteiger partial charge is 0.319 e. The standard InChI is InChI=1S/C24H29N3O2S/c1-16-3-7-18(8-4-16)14-27-21-13-20(11-12-22(21)30-15-23(27)28)26-24(29)25-19-9-5-17(2)6-10-19/h3-4,7-8,11-13,17,19H,5-6,9-10,14-15H2,1-2H3,(H2,25,26,29). The number of carbonyl (C=O) groups excluding carboxylic acids is 2. The molecule has 1 heterocycles. The zero-order chi connectivity index (χ0) is 21.1. The van der Waals surface area contributed by atoms with Crippen LogP contribution < -0.4 is 15.5 Å². The second kappa shape index (κ2) is 9.13. The molecule has 0 atom stereocenters. The summed E-state index contributed by atoms with van der Waals surface area (Å²) in [5.74, 6) is 1.28. The van der Waals surface area contributed by atoms with Crippen molar-refractivity contribution in [1.29, 1.82) is 0 Å². The lowest BCUT2D eigenvalue weighted by atomic mass is 9.87. The quantitative estimate of drug-likeness (QED) is 0.698. The molecule has 0 radical (unpaired) electrons. The molecule has 5 nitrogen and oxygen atoms in total. The molecule has 158 valence electrons. The van der Waals surface area contributed by atoms with Gasteiger partial charge in [-0.05, 0) is 62.3 Å². The fourth-order valence-electron chi connectivity index (χ4n) is 4.09. The highest BCUT2D eigenvalue weighted by Gasteiger charge is 2.26. The van der Waals surface area contributed by atoms with E-state index in [1.807, 2.05) is 23.1 Å². The van der Waals surface area contributed by atoms with Crippen LogP contribution in [0.4, 0.5) is 16.2 Å². The molecule has 2 N–H and O–H groups in total. The Morgan fingerprint density at radius 3 is 2.57 bits per heavy atom. The predicted molar refractivity (Wildman–Crippen MR) is 123 cm³/mol. The number of hydrogen-bond donors (Lipinski definition) is 2. The Bertz CT molecular complexity index is 921. The van der Waals surface area contributed by atoms with Crippen molar-refractivity contribution in [1.82, 2.24) is 5.32 Å². The van der Waals surface area contributed by atoms with Gasteiger partial charge in [0.15, 0.2) is 0 Å². The van der Waals surface area contributed by atoms with E-state index < -0.39 is 0 Å². The summed E-state index contributed by atoms with van der Waals surface area (Å²) in [6.45, 7) is 4.85. The molecular weight excluding hydrogens is 394 g/mol. The number of benzene rings is 2. The fraction of sp³-hybridized carbons (Fsp3) is 0.417. The number of nitrogens with zero attached hydrogens (tertiary/aromatic N) is 1. The number of thioether (sulfide) groups is 1. The maximum absolute atomic E-state index is 12.7. The topological polar surface area (TPSA) is 61.4 Å². The summed E-state index contributed by atoms with van der Waals surface area (Å²) in [5, 5.41) is 6.06. The molecule has 1 aliphatic heterocycles. The number of urea groups is 1. The first-order valence-corrected chi connectivity index (χ1v) is 11.7. The molecule has 6 heteroatoms. The Labute approximate surface area is 182 Å². The van der Waals surface area contributed by atoms with Gasteiger partial charge in [0.1, 0.15) is 0 Å². The zero-order valence-corrected chi connectivity index (χ0v) is 18.4. The first-order valence-electron chi connectivity index (χ1n) is 10.7. The van der Waals surface area contributed by atoms with Crippen LogP contribution in [-0.2, 0) is 11.3 Å². The number of hydrogen-bond acceptors (Lipinski definition) is 3. The molecule has 4 rings (SSSR count). The van der Waals surface area contributed by atoms with Gasteiger partial charge in [0.05, 0.1) is 18.0 Å². The number of carbonyl (C=O) groups is 2. The van der Waals surface area contributed by atoms with Crippen LogP contribution in [0.25, 0.3) is 0 Å². The van der Waals surface area contributed by atoms with Gasteiger partial charge in [0.25, 0.3) is 0 Å². The maximum Gasteiger partial charge on any atom is 0.319 e. The third-order valence-corrected chi connectivity index (χ3v) is 7.02. The molecule has 3 amide bonds. The minimum absolute atomic E-state index is 0.0889. The van der Waals surface area contributed by atoms with Crippen LogP contribution in [0.1, 0.15) is 43.7 Å². The van der Waals surface area contributed by atoms with Crippen LogP contribution in [0.15, 0.2) is 47.4 Å². The van der Waals surface area contributed by atoms with E-state index in [-0.39, 0.29) is 18.0 Å². The van der Waals surface area contributed by atoms with Crippen LogP contribution in [0.3, 0.4) is 0 Å². The average Bonchev–Trinajstić information content (AvgIpc) is 2.73. The molecule has 1 aliphatic carbocycles. The maximum atomic E-state index is 12.7. The zero-order valence-electron chi connectivity index (χ0n) is 17.6. The Balaban J connectivity index is 1.46. The third kappa shape index (κ3) is 4.98. The molecule has 0 aromatic heterocycles. The van der Waals surface area contributed by atoms with Gasteiger partial charge < -0.3 is 15.5 Å². The number of amides is 3. The Hall–Kier alpha value is -2.47. The van der Waals surface area contributed by atoms with Crippen LogP contribution in [-0.4, -0.2) is 23.7 Å². The summed E-state index contributed by atoms with van der Waals surface area (Å²) in [5.41, 5.74) is 3.86. The van der Waals surface area contributed by atoms with Crippen LogP contribution in [0.2, 0.25) is 0 Å². The normalized spacial score (nSPS) is 21.1. The van der Waals surface area contributed by atoms with Crippen molar-refractivity contribution in [3.05, 3.63) is 53.6 Å². The predicted octanol–water partition coefficient (Wildman–Crippen LogP) is 5.33. The highest BCUT2D eigenvalue weighted by atomic mass is 32.2. The van der Waals surface area contributed by atoms with Gasteiger partial charge in [-0.3, -0.25) is 4.79 Å². The highest BCUT2D eigenvalue weighted by Crippen LogP contribution is 2.38. The molecule has 2 aromatic carbocycles. The van der Waals surface area contributed by atoms with Gasteiger partial charge in [-0.1, -0.05) is 36.8 Å². The SMILES string of the molecule is Cc1ccc(CN2C(=O)CSc3ccc(NC(=O)NC4CCC(C)CC4)cc32)cc1. The van der Waals surface area contributed by atoms with Gasteiger partial charge in [0, 0.05) is 16.6 Å². The van der Waals surface area contributed by atoms with Crippen molar-refractivity contribution < 1.29 is 9.59 Å². The van der Waals surface area contributed by atoms with E-state index in [1.54, 1.807) is 11.8 Å². The molecule has 30 heavy (non-hydrogen) atoms. The largest absolute Gasteiger partial charge is 0.335 e. The molecule has 1 saturated carbocycles. The number of nitrogens with one attached hydrogen (secondary N) is 2. The molecule has 0 bridgehead atoms. The van der Waals surface area contributed by atoms with Crippen LogP contribution >= 0.6 is 11.8 Å². The van der Waals surface area contributed by atoms with E-state index in [9.17, 15) is 9.59 Å². The van der Waals surface area contributed by atoms with Crippen molar-refractivity contribution in [3.63, 3.8) is 0 Å². The molecule has 2 aliphatic rings. The van der Waals surface area contributed by atoms with E-state index in [0.717, 1.165) is 47.7 Å². The second-order valence-electron chi connectivity index (χ2n) is 8.49. The minimum atomic E-state index is -0.172. The molecule has 1 fully saturated rings. The summed E-state index contributed by atoms with van der Waals surface area (Å²) in [6, 6.07) is 14.1. The minimum Gasteiger partial charge on any atom is -0.335 e. The molecule has 0 saturated heterocycles. The molecule has 0 unspecified atom stereocenters. The van der Waals surface area contributed by atoms with Gasteiger partial charge in [-0.25, -0.2) is 4.79 Å². The Morgan fingerprint density at radius 2 is 1.83 bits per heavy atom. The number of fused-ring (bicyclic) bond motifs is 1. The molecular formula is C24H29N3O2S. The summed E-state index contributed by atoms with van der Waals surface area (Å²) >= 11 is 1.55. The first-order chi connectivity index (χ1) is 14.5. The van der Waals surface area contributed by atoms with E-state index in [4.69, 9.17) is 0 Å². The lowest BCUT2D eigenvalue weighted by molar-refractivity contribution is -0.116. The fourth-order valence-corrected chi connectivity index (χ4v) is 5.00. The van der Waals surface area contributed by atoms with Gasteiger partial charge >= 0.3 is 6.03 Å². The van der Waals surface area contributed by atoms with E-state index in [2.05, 4.69) is 48.7 Å². The van der Waals surface area contributed by atoms with E-state index in [1.165, 1.54) is 5.56 Å². The lowest BCUT2D eigenvalue weighted by Gasteiger charge is -2.30. The number of anilines is 2. The molecule has 0 spiro atoms. The van der Waals surface area contributed by atoms with Gasteiger partial charge in [-0.2, -0.15) is 0 Å². The first kappa shape index (κ1) is 20.8. The van der Waals surface area contributed by atoms with Crippen LogP contribution in [0.5, 0.6) is 0 Å². The van der Waals surface area contributed by atoms with Crippen molar-refractivity contribution in [3.8, 4) is 0 Å². The summed E-state index contributed by atoms with van der Waals surface area (Å²) in [6.07, 6.45) is 4.40. The lowest BCUT2D eigenvalue weighted by Crippen LogP contribution is -2.40. The Morgan fingerprint density at radius 1 is 1.10 bits per heavy atom. The van der Waals surface area contributed by atoms with Gasteiger partial charge in [-0.15, -0.1) is 11.8 Å². The Kier molecular flexibility index (Phi) is 6.32. The average molecular weight is 424 g/mol. The van der Waals surface area contributed by atoms with Crippen molar-refractivity contribution >= 4 is 35.1 Å². The second-order valence-corrected chi connectivity index (χ2v) is 9.51.